The summed E-state index contributed by atoms with van der Waals surface area (Å²) >= 11 is 0. The molecule has 0 N–H and O–H groups in total. The number of rotatable bonds is 0. The van der Waals surface area contributed by atoms with E-state index in [-0.39, 0.29) is 17.8 Å². The highest BCUT2D eigenvalue weighted by atomic mass is 16.6. The fourth-order valence-electron chi connectivity index (χ4n) is 2.80. The Morgan fingerprint density at radius 3 is 3.06 bits per heavy atom. The van der Waals surface area contributed by atoms with Crippen molar-refractivity contribution in [3.63, 3.8) is 0 Å². The van der Waals surface area contributed by atoms with Crippen LogP contribution in [-0.4, -0.2) is 17.8 Å². The number of ether oxygens (including phenoxy) is 2. The van der Waals surface area contributed by atoms with Crippen molar-refractivity contribution in [1.82, 2.24) is 0 Å². The number of fused-ring (bicyclic) bond motifs is 6. The third-order valence-electron chi connectivity index (χ3n) is 3.62. The Bertz CT molecular complexity index is 529. The smallest absolute Gasteiger partial charge is 0.155 e. The zero-order valence-corrected chi connectivity index (χ0v) is 9.01. The summed E-state index contributed by atoms with van der Waals surface area (Å²) in [7, 11) is 0. The normalized spacial score (nSPS) is 37.7. The maximum absolute atomic E-state index is 6.05. The maximum atomic E-state index is 6.05. The molecule has 4 rings (SSSR count). The molecule has 3 heterocycles. The molecule has 16 heavy (non-hydrogen) atoms. The van der Waals surface area contributed by atoms with Crippen molar-refractivity contribution in [2.45, 2.75) is 24.7 Å². The van der Waals surface area contributed by atoms with Crippen molar-refractivity contribution in [3.8, 4) is 5.75 Å². The van der Waals surface area contributed by atoms with Gasteiger partial charge in [-0.2, -0.15) is 0 Å². The Morgan fingerprint density at radius 2 is 2.12 bits per heavy atom. The Hall–Kier alpha value is -1.54. The fourth-order valence-corrected chi connectivity index (χ4v) is 2.80. The van der Waals surface area contributed by atoms with Crippen LogP contribution < -0.4 is 4.74 Å². The summed E-state index contributed by atoms with van der Waals surface area (Å²) in [5.74, 6) is 0.960. The first-order valence-corrected chi connectivity index (χ1v) is 5.61. The highest BCUT2D eigenvalue weighted by molar-refractivity contribution is 5.67. The third kappa shape index (κ3) is 0.908. The van der Waals surface area contributed by atoms with Crippen molar-refractivity contribution in [2.24, 2.45) is 0 Å². The zero-order valence-electron chi connectivity index (χ0n) is 9.01. The summed E-state index contributed by atoms with van der Waals surface area (Å²) in [6.45, 7) is 2.09. The summed E-state index contributed by atoms with van der Waals surface area (Å²) in [5, 5.41) is 0. The van der Waals surface area contributed by atoms with E-state index in [2.05, 4.69) is 31.2 Å². The second-order valence-corrected chi connectivity index (χ2v) is 4.76. The lowest BCUT2D eigenvalue weighted by Gasteiger charge is -2.31. The zero-order chi connectivity index (χ0) is 10.8. The van der Waals surface area contributed by atoms with Gasteiger partial charge in [0.2, 0.25) is 0 Å². The number of hydrogen-bond donors (Lipinski definition) is 0. The minimum absolute atomic E-state index is 0.0531. The van der Waals surface area contributed by atoms with Crippen molar-refractivity contribution in [3.05, 3.63) is 47.6 Å². The van der Waals surface area contributed by atoms with Crippen LogP contribution in [0.4, 0.5) is 0 Å². The van der Waals surface area contributed by atoms with Crippen LogP contribution in [0, 0.1) is 0 Å². The first-order chi connectivity index (χ1) is 7.76. The van der Waals surface area contributed by atoms with Gasteiger partial charge in [0.15, 0.2) is 6.10 Å². The summed E-state index contributed by atoms with van der Waals surface area (Å²) in [5.41, 5.74) is 2.13. The molecule has 3 aliphatic heterocycles. The van der Waals surface area contributed by atoms with Crippen LogP contribution in [0.25, 0.3) is 6.08 Å². The largest absolute Gasteiger partial charge is 0.482 e. The number of para-hydroxylation sites is 1. The monoisotopic (exact) mass is 212 g/mol. The van der Waals surface area contributed by atoms with E-state index < -0.39 is 0 Å². The standard InChI is InChI=1S/C14H12O2/c1-14-7-6-12(16-14)10-8-9-4-2-3-5-11(9)15-13(10)14/h2-8,12-13H,1H3/t12-,13+,14+/m1/s1. The molecule has 0 aromatic heterocycles. The predicted molar refractivity (Wildman–Crippen MR) is 61.3 cm³/mol. The second kappa shape index (κ2) is 2.58. The van der Waals surface area contributed by atoms with Gasteiger partial charge >= 0.3 is 0 Å². The average Bonchev–Trinajstić information content (AvgIpc) is 2.81. The summed E-state index contributed by atoms with van der Waals surface area (Å²) in [6.07, 6.45) is 6.62. The van der Waals surface area contributed by atoms with Gasteiger partial charge in [-0.25, -0.2) is 0 Å². The van der Waals surface area contributed by atoms with E-state index in [1.54, 1.807) is 0 Å². The van der Waals surface area contributed by atoms with Crippen LogP contribution in [0.5, 0.6) is 5.75 Å². The average molecular weight is 212 g/mol. The quantitative estimate of drug-likeness (QED) is 0.615. The molecular weight excluding hydrogens is 200 g/mol. The molecule has 0 amide bonds. The van der Waals surface area contributed by atoms with E-state index in [0.29, 0.717) is 0 Å². The van der Waals surface area contributed by atoms with Crippen LogP contribution in [-0.2, 0) is 4.74 Å². The Balaban J connectivity index is 1.90. The van der Waals surface area contributed by atoms with Gasteiger partial charge in [0, 0.05) is 11.1 Å². The van der Waals surface area contributed by atoms with Crippen LogP contribution in [0.1, 0.15) is 12.5 Å². The summed E-state index contributed by atoms with van der Waals surface area (Å²) in [6, 6.07) is 8.13. The molecule has 0 saturated carbocycles. The van der Waals surface area contributed by atoms with Crippen molar-refractivity contribution in [2.75, 3.05) is 0 Å². The molecule has 3 aliphatic rings. The molecule has 2 nitrogen and oxygen atoms in total. The highest BCUT2D eigenvalue weighted by Gasteiger charge is 2.53. The minimum Gasteiger partial charge on any atom is -0.482 e. The molecule has 1 aromatic carbocycles. The second-order valence-electron chi connectivity index (χ2n) is 4.76. The Morgan fingerprint density at radius 1 is 1.25 bits per heavy atom. The molecule has 0 aliphatic carbocycles. The maximum Gasteiger partial charge on any atom is 0.155 e. The van der Waals surface area contributed by atoms with E-state index in [0.717, 1.165) is 11.3 Å². The third-order valence-corrected chi connectivity index (χ3v) is 3.62. The Labute approximate surface area is 94.2 Å². The minimum atomic E-state index is -0.274. The molecule has 0 unspecified atom stereocenters. The van der Waals surface area contributed by atoms with E-state index in [4.69, 9.17) is 9.47 Å². The predicted octanol–water partition coefficient (Wildman–Crippen LogP) is 2.56. The summed E-state index contributed by atoms with van der Waals surface area (Å²) in [4.78, 5) is 0. The van der Waals surface area contributed by atoms with Gasteiger partial charge in [0.05, 0.1) is 0 Å². The van der Waals surface area contributed by atoms with Gasteiger partial charge in [-0.15, -0.1) is 0 Å². The molecule has 80 valence electrons. The van der Waals surface area contributed by atoms with Gasteiger partial charge in [0.1, 0.15) is 17.5 Å². The molecule has 0 spiro atoms. The van der Waals surface area contributed by atoms with Gasteiger partial charge in [-0.1, -0.05) is 30.4 Å². The lowest BCUT2D eigenvalue weighted by molar-refractivity contribution is 0.000479. The number of hydrogen-bond acceptors (Lipinski definition) is 2. The van der Waals surface area contributed by atoms with Gasteiger partial charge in [0.25, 0.3) is 0 Å². The van der Waals surface area contributed by atoms with Crippen LogP contribution >= 0.6 is 0 Å². The molecule has 3 atom stereocenters. The van der Waals surface area contributed by atoms with Gasteiger partial charge in [-0.05, 0) is 19.1 Å². The van der Waals surface area contributed by atoms with E-state index in [1.807, 2.05) is 18.2 Å². The van der Waals surface area contributed by atoms with Crippen LogP contribution in [0.15, 0.2) is 42.0 Å². The molecule has 0 radical (unpaired) electrons. The molecule has 2 bridgehead atoms. The first-order valence-electron chi connectivity index (χ1n) is 5.61. The van der Waals surface area contributed by atoms with Gasteiger partial charge < -0.3 is 9.47 Å². The topological polar surface area (TPSA) is 18.5 Å². The van der Waals surface area contributed by atoms with Crippen molar-refractivity contribution in [1.29, 1.82) is 0 Å². The van der Waals surface area contributed by atoms with E-state index >= 15 is 0 Å². The molecule has 2 heteroatoms. The van der Waals surface area contributed by atoms with Gasteiger partial charge in [-0.3, -0.25) is 0 Å². The molecule has 1 saturated heterocycles. The number of benzene rings is 1. The molecule has 1 fully saturated rings. The lowest BCUT2D eigenvalue weighted by atomic mass is 9.86. The fraction of sp³-hybridized carbons (Fsp3) is 0.286. The van der Waals surface area contributed by atoms with E-state index in [1.165, 1.54) is 5.57 Å². The Kier molecular flexibility index (Phi) is 1.39. The lowest BCUT2D eigenvalue weighted by Crippen LogP contribution is -2.39. The summed E-state index contributed by atoms with van der Waals surface area (Å²) < 4.78 is 12.0. The molecule has 1 aromatic rings. The first kappa shape index (κ1) is 8.59. The van der Waals surface area contributed by atoms with Crippen molar-refractivity contribution >= 4 is 6.08 Å². The van der Waals surface area contributed by atoms with Crippen molar-refractivity contribution < 1.29 is 9.47 Å². The van der Waals surface area contributed by atoms with Crippen LogP contribution in [0.3, 0.4) is 0 Å². The van der Waals surface area contributed by atoms with Crippen LogP contribution in [0.2, 0.25) is 0 Å². The SMILES string of the molecule is C[C@@]12C=C[C@@H](O1)C1=Cc3ccccc3O[C@@H]12. The highest BCUT2D eigenvalue weighted by Crippen LogP contribution is 2.47. The van der Waals surface area contributed by atoms with E-state index in [9.17, 15) is 0 Å². The molecular formula is C14H12O2.